The van der Waals surface area contributed by atoms with Crippen LogP contribution in [0.25, 0.3) is 17.1 Å². The molecule has 2 N–H and O–H groups in total. The van der Waals surface area contributed by atoms with Crippen molar-refractivity contribution in [2.45, 2.75) is 24.3 Å². The highest BCUT2D eigenvalue weighted by molar-refractivity contribution is 9.10. The van der Waals surface area contributed by atoms with Crippen molar-refractivity contribution < 1.29 is 9.53 Å². The summed E-state index contributed by atoms with van der Waals surface area (Å²) in [6, 6.07) is 15.5. The second-order valence-electron chi connectivity index (χ2n) is 5.74. The van der Waals surface area contributed by atoms with E-state index in [0.717, 1.165) is 21.5 Å². The molecule has 1 aromatic heterocycles. The van der Waals surface area contributed by atoms with Crippen LogP contribution in [-0.2, 0) is 4.79 Å². The maximum absolute atomic E-state index is 11.5. The minimum absolute atomic E-state index is 0.397. The van der Waals surface area contributed by atoms with Gasteiger partial charge in [-0.3, -0.25) is 9.36 Å². The van der Waals surface area contributed by atoms with Gasteiger partial charge >= 0.3 is 0 Å². The molecule has 1 amide bonds. The van der Waals surface area contributed by atoms with Gasteiger partial charge in [0.25, 0.3) is 0 Å². The number of thioether (sulfide) groups is 1. The van der Waals surface area contributed by atoms with Crippen LogP contribution in [0.15, 0.2) is 58.2 Å². The summed E-state index contributed by atoms with van der Waals surface area (Å²) in [6.07, 6.45) is 0. The average Bonchev–Trinajstić information content (AvgIpc) is 3.06. The first-order chi connectivity index (χ1) is 13.0. The van der Waals surface area contributed by atoms with Crippen molar-refractivity contribution in [2.75, 3.05) is 6.61 Å². The van der Waals surface area contributed by atoms with E-state index in [9.17, 15) is 4.79 Å². The van der Waals surface area contributed by atoms with E-state index in [2.05, 4.69) is 26.1 Å². The Bertz CT molecular complexity index is 926. The van der Waals surface area contributed by atoms with Gasteiger partial charge in [0, 0.05) is 15.7 Å². The van der Waals surface area contributed by atoms with Gasteiger partial charge in [-0.2, -0.15) is 0 Å². The topological polar surface area (TPSA) is 83.0 Å². The van der Waals surface area contributed by atoms with Crippen molar-refractivity contribution in [3.63, 3.8) is 0 Å². The summed E-state index contributed by atoms with van der Waals surface area (Å²) in [6.45, 7) is 4.30. The molecule has 0 fully saturated rings. The van der Waals surface area contributed by atoms with Crippen molar-refractivity contribution in [2.24, 2.45) is 5.73 Å². The molecule has 27 heavy (non-hydrogen) atoms. The number of carbonyl (C=O) groups is 1. The maximum atomic E-state index is 11.5. The first-order valence-electron chi connectivity index (χ1n) is 8.40. The molecule has 0 radical (unpaired) electrons. The SMILES string of the molecule is CCOc1ccc(-n2c(SC(C)C(N)=O)nnc2-c2ccc(Br)cc2)cc1. The zero-order chi connectivity index (χ0) is 19.4. The van der Waals surface area contributed by atoms with Gasteiger partial charge in [0.15, 0.2) is 11.0 Å². The molecule has 140 valence electrons. The van der Waals surface area contributed by atoms with Gasteiger partial charge in [-0.25, -0.2) is 0 Å². The number of halogens is 1. The minimum atomic E-state index is -0.423. The highest BCUT2D eigenvalue weighted by Gasteiger charge is 2.20. The largest absolute Gasteiger partial charge is 0.494 e. The van der Waals surface area contributed by atoms with Crippen LogP contribution in [0.5, 0.6) is 5.75 Å². The molecule has 8 heteroatoms. The lowest BCUT2D eigenvalue weighted by molar-refractivity contribution is -0.117. The standard InChI is InChI=1S/C19H19BrN4O2S/c1-3-26-16-10-8-15(9-11-16)24-18(13-4-6-14(20)7-5-13)22-23-19(24)27-12(2)17(21)25/h4-12H,3H2,1-2H3,(H2,21,25). The molecule has 6 nitrogen and oxygen atoms in total. The molecular weight excluding hydrogens is 428 g/mol. The molecule has 3 aromatic rings. The van der Waals surface area contributed by atoms with Crippen LogP contribution in [-0.4, -0.2) is 32.5 Å². The molecule has 0 saturated carbocycles. The summed E-state index contributed by atoms with van der Waals surface area (Å²) in [4.78, 5) is 11.5. The number of ether oxygens (including phenoxy) is 1. The smallest absolute Gasteiger partial charge is 0.230 e. The van der Waals surface area contributed by atoms with E-state index >= 15 is 0 Å². The van der Waals surface area contributed by atoms with Crippen molar-refractivity contribution >= 4 is 33.6 Å². The molecule has 0 aliphatic carbocycles. The summed E-state index contributed by atoms with van der Waals surface area (Å²) >= 11 is 4.73. The Morgan fingerprint density at radius 3 is 2.44 bits per heavy atom. The predicted molar refractivity (Wildman–Crippen MR) is 110 cm³/mol. The molecule has 1 unspecified atom stereocenters. The van der Waals surface area contributed by atoms with Crippen LogP contribution in [0.1, 0.15) is 13.8 Å². The summed E-state index contributed by atoms with van der Waals surface area (Å²) in [5.74, 6) is 1.08. The number of aromatic nitrogens is 3. The van der Waals surface area contributed by atoms with E-state index in [1.165, 1.54) is 11.8 Å². The molecule has 0 saturated heterocycles. The Hall–Kier alpha value is -2.32. The second-order valence-corrected chi connectivity index (χ2v) is 7.96. The molecule has 0 aliphatic rings. The summed E-state index contributed by atoms with van der Waals surface area (Å²) in [5, 5.41) is 8.83. The lowest BCUT2D eigenvalue weighted by atomic mass is 10.2. The normalized spacial score (nSPS) is 12.0. The van der Waals surface area contributed by atoms with E-state index in [1.54, 1.807) is 6.92 Å². The van der Waals surface area contributed by atoms with E-state index in [1.807, 2.05) is 60.0 Å². The average molecular weight is 447 g/mol. The van der Waals surface area contributed by atoms with E-state index < -0.39 is 11.2 Å². The Morgan fingerprint density at radius 2 is 1.85 bits per heavy atom. The molecule has 0 aliphatic heterocycles. The Balaban J connectivity index is 2.07. The van der Waals surface area contributed by atoms with Gasteiger partial charge < -0.3 is 10.5 Å². The Labute approximate surface area is 170 Å². The number of hydrogen-bond acceptors (Lipinski definition) is 5. The van der Waals surface area contributed by atoms with Crippen LogP contribution in [0.4, 0.5) is 0 Å². The van der Waals surface area contributed by atoms with Crippen LogP contribution < -0.4 is 10.5 Å². The maximum Gasteiger partial charge on any atom is 0.230 e. The van der Waals surface area contributed by atoms with E-state index in [-0.39, 0.29) is 0 Å². The number of primary amides is 1. The van der Waals surface area contributed by atoms with Crippen LogP contribution in [0.3, 0.4) is 0 Å². The van der Waals surface area contributed by atoms with Crippen molar-refractivity contribution in [3.8, 4) is 22.8 Å². The van der Waals surface area contributed by atoms with E-state index in [4.69, 9.17) is 10.5 Å². The first-order valence-corrected chi connectivity index (χ1v) is 10.1. The molecule has 0 spiro atoms. The fourth-order valence-corrected chi connectivity index (χ4v) is 3.52. The number of hydrogen-bond donors (Lipinski definition) is 1. The molecular formula is C19H19BrN4O2S. The number of amides is 1. The van der Waals surface area contributed by atoms with Crippen LogP contribution in [0, 0.1) is 0 Å². The van der Waals surface area contributed by atoms with Gasteiger partial charge in [0.05, 0.1) is 11.9 Å². The summed E-state index contributed by atoms with van der Waals surface area (Å²) in [7, 11) is 0. The lowest BCUT2D eigenvalue weighted by Gasteiger charge is -2.13. The third kappa shape index (κ3) is 4.51. The van der Waals surface area contributed by atoms with Gasteiger partial charge in [0.2, 0.25) is 5.91 Å². The Morgan fingerprint density at radius 1 is 1.19 bits per heavy atom. The molecule has 0 bridgehead atoms. The number of carbonyl (C=O) groups excluding carboxylic acids is 1. The van der Waals surface area contributed by atoms with E-state index in [0.29, 0.717) is 17.6 Å². The highest BCUT2D eigenvalue weighted by Crippen LogP contribution is 2.31. The molecule has 3 rings (SSSR count). The molecule has 2 aromatic carbocycles. The number of nitrogens with zero attached hydrogens (tertiary/aromatic N) is 3. The van der Waals surface area contributed by atoms with Gasteiger partial charge in [-0.1, -0.05) is 39.8 Å². The van der Waals surface area contributed by atoms with Crippen LogP contribution in [0.2, 0.25) is 0 Å². The minimum Gasteiger partial charge on any atom is -0.494 e. The van der Waals surface area contributed by atoms with Gasteiger partial charge in [-0.15, -0.1) is 10.2 Å². The van der Waals surface area contributed by atoms with Gasteiger partial charge in [0.1, 0.15) is 5.75 Å². The molecule has 1 heterocycles. The van der Waals surface area contributed by atoms with Gasteiger partial charge in [-0.05, 0) is 50.2 Å². The zero-order valence-electron chi connectivity index (χ0n) is 14.9. The van der Waals surface area contributed by atoms with Crippen molar-refractivity contribution in [1.82, 2.24) is 14.8 Å². The zero-order valence-corrected chi connectivity index (χ0v) is 17.3. The number of benzene rings is 2. The quantitative estimate of drug-likeness (QED) is 0.553. The van der Waals surface area contributed by atoms with Crippen molar-refractivity contribution in [1.29, 1.82) is 0 Å². The lowest BCUT2D eigenvalue weighted by Crippen LogP contribution is -2.23. The number of rotatable bonds is 7. The predicted octanol–water partition coefficient (Wildman–Crippen LogP) is 4.06. The summed E-state index contributed by atoms with van der Waals surface area (Å²) < 4.78 is 8.42. The number of nitrogens with two attached hydrogens (primary N) is 1. The fourth-order valence-electron chi connectivity index (χ4n) is 2.44. The van der Waals surface area contributed by atoms with Crippen LogP contribution >= 0.6 is 27.7 Å². The monoisotopic (exact) mass is 446 g/mol. The second kappa shape index (κ2) is 8.58. The molecule has 1 atom stereocenters. The third-order valence-electron chi connectivity index (χ3n) is 3.82. The highest BCUT2D eigenvalue weighted by atomic mass is 79.9. The van der Waals surface area contributed by atoms with Crippen molar-refractivity contribution in [3.05, 3.63) is 53.0 Å². The first kappa shape index (κ1) is 19.4. The Kier molecular flexibility index (Phi) is 6.18. The fraction of sp³-hybridized carbons (Fsp3) is 0.211. The summed E-state index contributed by atoms with van der Waals surface area (Å²) in [5.41, 5.74) is 7.21. The third-order valence-corrected chi connectivity index (χ3v) is 5.41.